The third-order valence-corrected chi connectivity index (χ3v) is 5.73. The maximum Gasteiger partial charge on any atom is 0.116 e. The van der Waals surface area contributed by atoms with Crippen LogP contribution in [0.15, 0.2) is 72.8 Å². The minimum atomic E-state index is 0.275. The van der Waals surface area contributed by atoms with Crippen LogP contribution in [0.25, 0.3) is 42.1 Å². The van der Waals surface area contributed by atoms with Crippen molar-refractivity contribution in [1.29, 1.82) is 0 Å². The molecule has 4 aromatic carbocycles. The van der Waals surface area contributed by atoms with E-state index in [1.165, 1.54) is 25.7 Å². The van der Waals surface area contributed by atoms with Gasteiger partial charge in [0.25, 0.3) is 0 Å². The molecule has 1 heterocycles. The molecular formula is C22H14O2S. The van der Waals surface area contributed by atoms with Gasteiger partial charge in [-0.25, -0.2) is 0 Å². The van der Waals surface area contributed by atoms with Crippen LogP contribution in [0.2, 0.25) is 0 Å². The predicted octanol–water partition coefficient (Wildman–Crippen LogP) is 6.29. The maximum atomic E-state index is 9.74. The normalized spacial score (nSPS) is 11.5. The molecule has 1 aromatic heterocycles. The molecule has 0 aliphatic carbocycles. The van der Waals surface area contributed by atoms with Crippen molar-refractivity contribution in [3.63, 3.8) is 0 Å². The molecule has 0 saturated heterocycles. The quantitative estimate of drug-likeness (QED) is 0.376. The monoisotopic (exact) mass is 342 g/mol. The summed E-state index contributed by atoms with van der Waals surface area (Å²) in [5.41, 5.74) is 2.26. The zero-order valence-electron chi connectivity index (χ0n) is 13.2. The molecule has 5 rings (SSSR count). The lowest BCUT2D eigenvalue weighted by Gasteiger charge is -2.06. The van der Waals surface area contributed by atoms with Crippen LogP contribution in [-0.4, -0.2) is 10.2 Å². The summed E-state index contributed by atoms with van der Waals surface area (Å²) in [6.07, 6.45) is 0. The highest BCUT2D eigenvalue weighted by atomic mass is 32.1. The average Bonchev–Trinajstić information content (AvgIpc) is 2.98. The van der Waals surface area contributed by atoms with Crippen molar-refractivity contribution < 1.29 is 10.2 Å². The Morgan fingerprint density at radius 2 is 1.44 bits per heavy atom. The van der Waals surface area contributed by atoms with E-state index in [0.717, 1.165) is 16.3 Å². The number of hydrogen-bond acceptors (Lipinski definition) is 3. The van der Waals surface area contributed by atoms with Gasteiger partial charge < -0.3 is 10.2 Å². The molecule has 0 unspecified atom stereocenters. The summed E-state index contributed by atoms with van der Waals surface area (Å²) < 4.78 is 2.44. The van der Waals surface area contributed by atoms with Crippen LogP contribution < -0.4 is 0 Å². The van der Waals surface area contributed by atoms with Crippen molar-refractivity contribution in [3.8, 4) is 22.6 Å². The smallest absolute Gasteiger partial charge is 0.116 e. The Labute approximate surface area is 148 Å². The van der Waals surface area contributed by atoms with E-state index in [1.54, 1.807) is 35.6 Å². The molecule has 0 spiro atoms. The highest BCUT2D eigenvalue weighted by molar-refractivity contribution is 7.26. The highest BCUT2D eigenvalue weighted by Gasteiger charge is 2.12. The van der Waals surface area contributed by atoms with Gasteiger partial charge in [0.1, 0.15) is 11.5 Å². The molecule has 120 valence electrons. The van der Waals surface area contributed by atoms with Crippen molar-refractivity contribution in [1.82, 2.24) is 0 Å². The van der Waals surface area contributed by atoms with Crippen LogP contribution in [0.4, 0.5) is 0 Å². The Kier molecular flexibility index (Phi) is 2.99. The molecule has 0 aliphatic rings. The number of phenols is 2. The van der Waals surface area contributed by atoms with Crippen LogP contribution in [0.5, 0.6) is 11.5 Å². The summed E-state index contributed by atoms with van der Waals surface area (Å²) in [6.45, 7) is 0. The first-order chi connectivity index (χ1) is 12.2. The summed E-state index contributed by atoms with van der Waals surface area (Å²) in [5, 5.41) is 23.9. The molecule has 0 aliphatic heterocycles. The van der Waals surface area contributed by atoms with Crippen molar-refractivity contribution in [2.24, 2.45) is 0 Å². The first-order valence-electron chi connectivity index (χ1n) is 8.06. The topological polar surface area (TPSA) is 40.5 Å². The largest absolute Gasteiger partial charge is 0.508 e. The molecule has 0 radical (unpaired) electrons. The second-order valence-corrected chi connectivity index (χ2v) is 7.29. The van der Waals surface area contributed by atoms with Crippen molar-refractivity contribution in [3.05, 3.63) is 72.8 Å². The van der Waals surface area contributed by atoms with Crippen LogP contribution >= 0.6 is 11.3 Å². The standard InChI is InChI=1S/C22H14O2S/c23-16-7-4-13(5-8-16)18-2-1-3-20-22(18)19-11-14-6-9-17(24)10-15(14)12-21(19)25-20/h1-12,23-24H. The zero-order valence-corrected chi connectivity index (χ0v) is 14.0. The zero-order chi connectivity index (χ0) is 17.0. The van der Waals surface area contributed by atoms with Gasteiger partial charge in [-0.15, -0.1) is 11.3 Å². The first kappa shape index (κ1) is 14.3. The molecule has 2 N–H and O–H groups in total. The molecule has 25 heavy (non-hydrogen) atoms. The Balaban J connectivity index is 1.88. The van der Waals surface area contributed by atoms with Crippen molar-refractivity contribution in [2.45, 2.75) is 0 Å². The number of thiophene rings is 1. The number of hydrogen-bond donors (Lipinski definition) is 2. The van der Waals surface area contributed by atoms with Crippen LogP contribution in [0.3, 0.4) is 0 Å². The number of rotatable bonds is 1. The number of phenolic OH excluding ortho intramolecular Hbond substituents is 2. The fourth-order valence-corrected chi connectivity index (χ4v) is 4.60. The van der Waals surface area contributed by atoms with Gasteiger partial charge in [-0.1, -0.05) is 30.3 Å². The Hall–Kier alpha value is -3.04. The summed E-state index contributed by atoms with van der Waals surface area (Å²) in [4.78, 5) is 0. The maximum absolute atomic E-state index is 9.74. The van der Waals surface area contributed by atoms with Gasteiger partial charge in [-0.3, -0.25) is 0 Å². The molecule has 0 saturated carbocycles. The second kappa shape index (κ2) is 5.23. The van der Waals surface area contributed by atoms with Crippen LogP contribution in [0, 0.1) is 0 Å². The number of aromatic hydroxyl groups is 2. The molecule has 3 heteroatoms. The summed E-state index contributed by atoms with van der Waals surface area (Å²) in [7, 11) is 0. The highest BCUT2D eigenvalue weighted by Crippen LogP contribution is 2.41. The second-order valence-electron chi connectivity index (χ2n) is 6.21. The molecule has 2 nitrogen and oxygen atoms in total. The van der Waals surface area contributed by atoms with Gasteiger partial charge in [0.05, 0.1) is 0 Å². The minimum absolute atomic E-state index is 0.275. The number of fused-ring (bicyclic) bond motifs is 4. The van der Waals surface area contributed by atoms with E-state index in [1.807, 2.05) is 18.2 Å². The van der Waals surface area contributed by atoms with E-state index in [0.29, 0.717) is 0 Å². The molecule has 0 amide bonds. The van der Waals surface area contributed by atoms with E-state index < -0.39 is 0 Å². The molecule has 0 bridgehead atoms. The molecular weight excluding hydrogens is 328 g/mol. The summed E-state index contributed by atoms with van der Waals surface area (Å²) in [6, 6.07) is 23.5. The lowest BCUT2D eigenvalue weighted by molar-refractivity contribution is 0.475. The first-order valence-corrected chi connectivity index (χ1v) is 8.88. The van der Waals surface area contributed by atoms with Crippen LogP contribution in [-0.2, 0) is 0 Å². The van der Waals surface area contributed by atoms with Gasteiger partial charge in [0, 0.05) is 20.2 Å². The minimum Gasteiger partial charge on any atom is -0.508 e. The Morgan fingerprint density at radius 1 is 0.640 bits per heavy atom. The van der Waals surface area contributed by atoms with Gasteiger partial charge in [0.15, 0.2) is 0 Å². The molecule has 0 atom stereocenters. The van der Waals surface area contributed by atoms with E-state index in [4.69, 9.17) is 0 Å². The van der Waals surface area contributed by atoms with E-state index in [2.05, 4.69) is 30.3 Å². The lowest BCUT2D eigenvalue weighted by Crippen LogP contribution is -1.79. The van der Waals surface area contributed by atoms with Crippen molar-refractivity contribution in [2.75, 3.05) is 0 Å². The van der Waals surface area contributed by atoms with E-state index in [9.17, 15) is 10.2 Å². The summed E-state index contributed by atoms with van der Waals surface area (Å²) in [5.74, 6) is 0.564. The van der Waals surface area contributed by atoms with E-state index >= 15 is 0 Å². The van der Waals surface area contributed by atoms with Gasteiger partial charge in [-0.2, -0.15) is 0 Å². The third kappa shape index (κ3) is 2.24. The van der Waals surface area contributed by atoms with Gasteiger partial charge in [-0.05, 0) is 64.4 Å². The Bertz CT molecular complexity index is 1250. The number of benzene rings is 4. The third-order valence-electron chi connectivity index (χ3n) is 4.62. The average molecular weight is 342 g/mol. The molecule has 0 fully saturated rings. The summed E-state index contributed by atoms with van der Waals surface area (Å²) >= 11 is 1.76. The fourth-order valence-electron chi connectivity index (χ4n) is 3.44. The fraction of sp³-hybridized carbons (Fsp3) is 0. The lowest BCUT2D eigenvalue weighted by atomic mass is 9.98. The van der Waals surface area contributed by atoms with E-state index in [-0.39, 0.29) is 11.5 Å². The van der Waals surface area contributed by atoms with Gasteiger partial charge >= 0.3 is 0 Å². The van der Waals surface area contributed by atoms with Crippen molar-refractivity contribution >= 4 is 42.3 Å². The SMILES string of the molecule is Oc1ccc(-c2cccc3sc4cc5cc(O)ccc5cc4c23)cc1. The van der Waals surface area contributed by atoms with Gasteiger partial charge in [0.2, 0.25) is 0 Å². The predicted molar refractivity (Wildman–Crippen MR) is 106 cm³/mol. The molecule has 5 aromatic rings. The van der Waals surface area contributed by atoms with Crippen LogP contribution in [0.1, 0.15) is 0 Å². The Morgan fingerprint density at radius 3 is 2.28 bits per heavy atom.